The van der Waals surface area contributed by atoms with Gasteiger partial charge in [0.05, 0.1) is 0 Å². The van der Waals surface area contributed by atoms with E-state index in [0.29, 0.717) is 0 Å². The van der Waals surface area contributed by atoms with Crippen LogP contribution in [-0.4, -0.2) is 26.9 Å². The first-order valence-electron chi connectivity index (χ1n) is 4.99. The van der Waals surface area contributed by atoms with Gasteiger partial charge in [-0.25, -0.2) is 5.01 Å². The second-order valence-electron chi connectivity index (χ2n) is 5.09. The summed E-state index contributed by atoms with van der Waals surface area (Å²) in [5, 5.41) is 4.70. The van der Waals surface area contributed by atoms with Crippen LogP contribution in [-0.2, 0) is 0 Å². The van der Waals surface area contributed by atoms with E-state index in [-0.39, 0.29) is 11.0 Å². The van der Waals surface area contributed by atoms with Crippen LogP contribution >= 0.6 is 8.53 Å². The summed E-state index contributed by atoms with van der Waals surface area (Å²) in [7, 11) is -2.05. The van der Waals surface area contributed by atoms with Gasteiger partial charge in [-0.15, -0.1) is 0 Å². The van der Waals surface area contributed by atoms with E-state index in [1.54, 1.807) is 0 Å². The van der Waals surface area contributed by atoms with Crippen LogP contribution in [0.4, 0.5) is 0 Å². The molecule has 5 heteroatoms. The van der Waals surface area contributed by atoms with E-state index in [4.69, 9.17) is 9.79 Å². The lowest BCUT2D eigenvalue weighted by Crippen LogP contribution is -2.61. The molecule has 1 fully saturated rings. The van der Waals surface area contributed by atoms with Crippen LogP contribution in [0, 0.1) is 5.41 Å². The van der Waals surface area contributed by atoms with Gasteiger partial charge in [0.25, 0.3) is 8.53 Å². The summed E-state index contributed by atoms with van der Waals surface area (Å²) in [5.74, 6) is 0. The van der Waals surface area contributed by atoms with Crippen molar-refractivity contribution in [3.05, 3.63) is 0 Å². The van der Waals surface area contributed by atoms with E-state index < -0.39 is 8.53 Å². The summed E-state index contributed by atoms with van der Waals surface area (Å²) >= 11 is 0. The van der Waals surface area contributed by atoms with Crippen LogP contribution in [0.2, 0.25) is 0 Å². The summed E-state index contributed by atoms with van der Waals surface area (Å²) < 4.78 is 0. The Bertz CT molecular complexity index is 207. The quantitative estimate of drug-likeness (QED) is 0.619. The zero-order valence-corrected chi connectivity index (χ0v) is 10.3. The molecule has 0 aliphatic carbocycles. The number of nitrogens with one attached hydrogen (secondary N) is 1. The molecular formula is C9H21N2O2P. The summed E-state index contributed by atoms with van der Waals surface area (Å²) in [4.78, 5) is 17.9. The molecule has 84 valence electrons. The van der Waals surface area contributed by atoms with E-state index >= 15 is 0 Å². The Morgan fingerprint density at radius 2 is 1.79 bits per heavy atom. The van der Waals surface area contributed by atoms with Gasteiger partial charge in [-0.3, -0.25) is 0 Å². The lowest BCUT2D eigenvalue weighted by Gasteiger charge is -2.53. The fourth-order valence-corrected chi connectivity index (χ4v) is 2.48. The molecule has 0 bridgehead atoms. The molecule has 3 N–H and O–H groups in total. The summed E-state index contributed by atoms with van der Waals surface area (Å²) in [6.45, 7) is 9.59. The van der Waals surface area contributed by atoms with Gasteiger partial charge in [0.15, 0.2) is 0 Å². The molecular weight excluding hydrogens is 199 g/mol. The third-order valence-electron chi connectivity index (χ3n) is 3.72. The van der Waals surface area contributed by atoms with Crippen molar-refractivity contribution < 1.29 is 9.79 Å². The van der Waals surface area contributed by atoms with E-state index in [2.05, 4.69) is 32.9 Å². The largest absolute Gasteiger partial charge is 0.337 e. The number of hydrogen-bond acceptors (Lipinski definition) is 4. The molecule has 0 saturated carbocycles. The number of hydrogen-bond donors (Lipinski definition) is 3. The second kappa shape index (κ2) is 4.03. The number of piperidine rings is 1. The molecule has 0 aromatic carbocycles. The Hall–Kier alpha value is 0.270. The fraction of sp³-hybridized carbons (Fsp3) is 1.00. The van der Waals surface area contributed by atoms with Gasteiger partial charge in [-0.2, -0.15) is 5.20 Å². The third kappa shape index (κ3) is 2.26. The Morgan fingerprint density at radius 3 is 2.29 bits per heavy atom. The number of hydrazine groups is 1. The summed E-state index contributed by atoms with van der Waals surface area (Å²) in [6, 6.07) is 0. The van der Waals surface area contributed by atoms with E-state index in [9.17, 15) is 0 Å². The molecule has 0 amide bonds. The van der Waals surface area contributed by atoms with E-state index in [1.807, 2.05) is 5.01 Å². The molecule has 0 spiro atoms. The maximum Gasteiger partial charge on any atom is 0.265 e. The minimum absolute atomic E-state index is 0.0582. The maximum atomic E-state index is 8.97. The number of rotatable bonds is 2. The van der Waals surface area contributed by atoms with Gasteiger partial charge in [0.2, 0.25) is 0 Å². The second-order valence-corrected chi connectivity index (χ2v) is 5.87. The SMILES string of the molecule is CC1(C)CCCN(NP(O)O)C1(C)C. The molecule has 1 heterocycles. The number of nitrogens with zero attached hydrogens (tertiary/aromatic N) is 1. The molecule has 1 saturated heterocycles. The first kappa shape index (κ1) is 12.3. The van der Waals surface area contributed by atoms with Crippen molar-refractivity contribution in [3.8, 4) is 0 Å². The van der Waals surface area contributed by atoms with Gasteiger partial charge in [0, 0.05) is 12.1 Å². The molecule has 1 aliphatic heterocycles. The smallest absolute Gasteiger partial charge is 0.265 e. The Labute approximate surface area is 87.3 Å². The van der Waals surface area contributed by atoms with Gasteiger partial charge in [0.1, 0.15) is 0 Å². The highest BCUT2D eigenvalue weighted by Crippen LogP contribution is 2.43. The highest BCUT2D eigenvalue weighted by atomic mass is 31.2. The molecule has 0 aromatic heterocycles. The molecule has 4 nitrogen and oxygen atoms in total. The van der Waals surface area contributed by atoms with Crippen molar-refractivity contribution in [2.24, 2.45) is 5.41 Å². The van der Waals surface area contributed by atoms with Gasteiger partial charge in [-0.1, -0.05) is 13.8 Å². The monoisotopic (exact) mass is 220 g/mol. The average molecular weight is 220 g/mol. The molecule has 0 radical (unpaired) electrons. The van der Waals surface area contributed by atoms with E-state index in [0.717, 1.165) is 13.0 Å². The Kier molecular flexibility index (Phi) is 3.55. The first-order chi connectivity index (χ1) is 6.27. The highest BCUT2D eigenvalue weighted by molar-refractivity contribution is 7.42. The zero-order chi connectivity index (χ0) is 11.0. The minimum atomic E-state index is -2.05. The van der Waals surface area contributed by atoms with Gasteiger partial charge in [-0.05, 0) is 32.1 Å². The van der Waals surface area contributed by atoms with Crippen molar-refractivity contribution in [3.63, 3.8) is 0 Å². The summed E-state index contributed by atoms with van der Waals surface area (Å²) in [6.07, 6.45) is 2.26. The van der Waals surface area contributed by atoms with Crippen LogP contribution in [0.5, 0.6) is 0 Å². The predicted molar refractivity (Wildman–Crippen MR) is 58.3 cm³/mol. The zero-order valence-electron chi connectivity index (χ0n) is 9.41. The standard InChI is InChI=1S/C9H21N2O2P/c1-8(2)6-5-7-11(9(8,3)4)10-14(12)13/h10,12-13H,5-7H2,1-4H3. The first-order valence-corrected chi connectivity index (χ1v) is 6.24. The van der Waals surface area contributed by atoms with Crippen LogP contribution in [0.25, 0.3) is 0 Å². The predicted octanol–water partition coefficient (Wildman–Crippen LogP) is 1.60. The fourth-order valence-electron chi connectivity index (χ4n) is 1.91. The summed E-state index contributed by atoms with van der Waals surface area (Å²) in [5.41, 5.74) is 0.126. The molecule has 0 aromatic rings. The molecule has 1 rings (SSSR count). The molecule has 1 aliphatic rings. The van der Waals surface area contributed by atoms with Gasteiger partial charge < -0.3 is 9.79 Å². The van der Waals surface area contributed by atoms with Crippen LogP contribution in [0.3, 0.4) is 0 Å². The molecule has 0 unspecified atom stereocenters. The van der Waals surface area contributed by atoms with Crippen molar-refractivity contribution in [1.29, 1.82) is 0 Å². The maximum absolute atomic E-state index is 8.97. The average Bonchev–Trinajstić information content (AvgIpc) is 1.98. The normalized spacial score (nSPS) is 26.8. The van der Waals surface area contributed by atoms with Crippen molar-refractivity contribution in [1.82, 2.24) is 10.2 Å². The van der Waals surface area contributed by atoms with Crippen LogP contribution in [0.15, 0.2) is 0 Å². The van der Waals surface area contributed by atoms with Crippen molar-refractivity contribution in [2.75, 3.05) is 6.54 Å². The minimum Gasteiger partial charge on any atom is -0.337 e. The third-order valence-corrected chi connectivity index (χ3v) is 4.14. The Balaban J connectivity index is 2.76. The van der Waals surface area contributed by atoms with Crippen molar-refractivity contribution in [2.45, 2.75) is 46.1 Å². The molecule has 0 atom stereocenters. The topological polar surface area (TPSA) is 55.7 Å². The highest BCUT2D eigenvalue weighted by Gasteiger charge is 2.44. The van der Waals surface area contributed by atoms with Crippen molar-refractivity contribution >= 4 is 8.53 Å². The lowest BCUT2D eigenvalue weighted by atomic mass is 9.69. The van der Waals surface area contributed by atoms with Gasteiger partial charge >= 0.3 is 0 Å². The van der Waals surface area contributed by atoms with Crippen LogP contribution < -0.4 is 5.20 Å². The lowest BCUT2D eigenvalue weighted by molar-refractivity contribution is -0.0484. The van der Waals surface area contributed by atoms with E-state index in [1.165, 1.54) is 6.42 Å². The van der Waals surface area contributed by atoms with Crippen LogP contribution in [0.1, 0.15) is 40.5 Å². The molecule has 14 heavy (non-hydrogen) atoms. The Morgan fingerprint density at radius 1 is 1.21 bits per heavy atom.